The smallest absolute Gasteiger partial charge is 0.165 e. The molecule has 0 radical (unpaired) electrons. The van der Waals surface area contributed by atoms with Crippen molar-refractivity contribution in [3.63, 3.8) is 0 Å². The highest BCUT2D eigenvalue weighted by molar-refractivity contribution is 6.00. The van der Waals surface area contributed by atoms with E-state index in [0.717, 1.165) is 36.2 Å². The molecule has 0 atom stereocenters. The Bertz CT molecular complexity index is 517. The fourth-order valence-electron chi connectivity index (χ4n) is 2.59. The summed E-state index contributed by atoms with van der Waals surface area (Å²) < 4.78 is 0. The molecule has 1 aromatic heterocycles. The number of rotatable bonds is 0. The molecule has 0 aromatic carbocycles. The van der Waals surface area contributed by atoms with Crippen molar-refractivity contribution in [2.45, 2.75) is 32.6 Å². The fourth-order valence-corrected chi connectivity index (χ4v) is 2.59. The van der Waals surface area contributed by atoms with E-state index < -0.39 is 0 Å². The number of H-pyrrole nitrogens is 1. The van der Waals surface area contributed by atoms with E-state index in [0.29, 0.717) is 12.2 Å². The van der Waals surface area contributed by atoms with Crippen molar-refractivity contribution in [1.82, 2.24) is 4.98 Å². The molecule has 2 nitrogen and oxygen atoms in total. The van der Waals surface area contributed by atoms with Gasteiger partial charge in [-0.1, -0.05) is 17.7 Å². The number of aromatic amines is 1. The summed E-state index contributed by atoms with van der Waals surface area (Å²) in [4.78, 5) is 15.4. The van der Waals surface area contributed by atoms with E-state index in [1.807, 2.05) is 0 Å². The van der Waals surface area contributed by atoms with E-state index in [1.54, 1.807) is 0 Å². The molecule has 0 aliphatic heterocycles. The lowest BCUT2D eigenvalue weighted by atomic mass is 9.92. The van der Waals surface area contributed by atoms with Gasteiger partial charge in [0.25, 0.3) is 0 Å². The third-order valence-corrected chi connectivity index (χ3v) is 3.46. The minimum absolute atomic E-state index is 0.320. The van der Waals surface area contributed by atoms with E-state index in [9.17, 15) is 4.79 Å². The van der Waals surface area contributed by atoms with Crippen LogP contribution < -0.4 is 0 Å². The van der Waals surface area contributed by atoms with Crippen molar-refractivity contribution in [2.24, 2.45) is 0 Å². The lowest BCUT2D eigenvalue weighted by molar-refractivity contribution is 0.0971. The van der Waals surface area contributed by atoms with E-state index in [-0.39, 0.29) is 0 Å². The van der Waals surface area contributed by atoms with Gasteiger partial charge in [0, 0.05) is 23.4 Å². The van der Waals surface area contributed by atoms with Gasteiger partial charge in [0.05, 0.1) is 0 Å². The molecule has 1 aromatic rings. The summed E-state index contributed by atoms with van der Waals surface area (Å²) in [5.41, 5.74) is 5.73. The van der Waals surface area contributed by atoms with E-state index in [4.69, 9.17) is 0 Å². The van der Waals surface area contributed by atoms with E-state index >= 15 is 0 Å². The summed E-state index contributed by atoms with van der Waals surface area (Å²) in [5, 5.41) is 0. The molecule has 3 rings (SSSR count). The number of allylic oxidation sites excluding steroid dienone is 3. The largest absolute Gasteiger partial charge is 0.358 e. The number of aryl methyl sites for hydroxylation is 1. The first kappa shape index (κ1) is 9.64. The zero-order chi connectivity index (χ0) is 11.1. The first-order valence-corrected chi connectivity index (χ1v) is 5.87. The molecule has 1 N–H and O–H groups in total. The van der Waals surface area contributed by atoms with Crippen molar-refractivity contribution in [2.75, 3.05) is 0 Å². The summed E-state index contributed by atoms with van der Waals surface area (Å²) in [6, 6.07) is 0. The Morgan fingerprint density at radius 3 is 3.00 bits per heavy atom. The summed E-state index contributed by atoms with van der Waals surface area (Å²) in [6.07, 6.45) is 10.0. The average molecular weight is 213 g/mol. The Morgan fingerprint density at radius 2 is 2.12 bits per heavy atom. The van der Waals surface area contributed by atoms with Crippen LogP contribution in [0.25, 0.3) is 6.08 Å². The van der Waals surface area contributed by atoms with Crippen LogP contribution in [0.4, 0.5) is 0 Å². The molecule has 0 unspecified atom stereocenters. The maximum Gasteiger partial charge on any atom is 0.165 e. The van der Waals surface area contributed by atoms with Crippen molar-refractivity contribution >= 4 is 11.9 Å². The summed E-state index contributed by atoms with van der Waals surface area (Å²) in [6.45, 7) is 2.09. The van der Waals surface area contributed by atoms with Gasteiger partial charge in [-0.25, -0.2) is 0 Å². The quantitative estimate of drug-likeness (QED) is 0.706. The summed E-state index contributed by atoms with van der Waals surface area (Å²) in [5.74, 6) is 0.320. The van der Waals surface area contributed by atoms with Crippen molar-refractivity contribution < 1.29 is 4.79 Å². The number of Topliss-reactive ketones (excluding diaryl/α,β-unsaturated/α-hetero) is 1. The maximum atomic E-state index is 11.9. The zero-order valence-electron chi connectivity index (χ0n) is 9.47. The zero-order valence-corrected chi connectivity index (χ0v) is 9.47. The number of hydrogen-bond acceptors (Lipinski definition) is 1. The lowest BCUT2D eigenvalue weighted by Crippen LogP contribution is -2.10. The second-order valence-corrected chi connectivity index (χ2v) is 4.63. The number of aromatic nitrogens is 1. The molecule has 2 aliphatic carbocycles. The lowest BCUT2D eigenvalue weighted by Gasteiger charge is -2.10. The summed E-state index contributed by atoms with van der Waals surface area (Å²) >= 11 is 0. The topological polar surface area (TPSA) is 32.9 Å². The second-order valence-electron chi connectivity index (χ2n) is 4.63. The van der Waals surface area contributed by atoms with Gasteiger partial charge in [-0.15, -0.1) is 0 Å². The normalized spacial score (nSPS) is 18.8. The molecule has 0 fully saturated rings. The second kappa shape index (κ2) is 3.48. The van der Waals surface area contributed by atoms with Crippen LogP contribution in [0.3, 0.4) is 0 Å². The fraction of sp³-hybridized carbons (Fsp3) is 0.357. The van der Waals surface area contributed by atoms with Crippen LogP contribution in [0.1, 0.15) is 47.1 Å². The molecule has 0 spiro atoms. The predicted molar refractivity (Wildman–Crippen MR) is 64.6 cm³/mol. The monoisotopic (exact) mass is 213 g/mol. The summed E-state index contributed by atoms with van der Waals surface area (Å²) in [7, 11) is 0. The Hall–Kier alpha value is -1.57. The number of fused-ring (bicyclic) bond motifs is 3. The van der Waals surface area contributed by atoms with Crippen LogP contribution in [0, 0.1) is 0 Å². The average Bonchev–Trinajstić information content (AvgIpc) is 2.54. The molecule has 1 heterocycles. The molecule has 2 heteroatoms. The molecule has 16 heavy (non-hydrogen) atoms. The molecule has 0 saturated carbocycles. The highest BCUT2D eigenvalue weighted by Crippen LogP contribution is 2.30. The minimum Gasteiger partial charge on any atom is -0.358 e. The Morgan fingerprint density at radius 1 is 1.25 bits per heavy atom. The third kappa shape index (κ3) is 1.37. The van der Waals surface area contributed by atoms with Gasteiger partial charge in [0.2, 0.25) is 0 Å². The van der Waals surface area contributed by atoms with Gasteiger partial charge >= 0.3 is 0 Å². The Balaban J connectivity index is 2.17. The molecule has 0 saturated heterocycles. The Labute approximate surface area is 95.1 Å². The molecule has 2 aliphatic rings. The van der Waals surface area contributed by atoms with Gasteiger partial charge in [0.1, 0.15) is 0 Å². The van der Waals surface area contributed by atoms with Gasteiger partial charge in [-0.3, -0.25) is 4.79 Å². The number of ketones is 1. The third-order valence-electron chi connectivity index (χ3n) is 3.46. The highest BCUT2D eigenvalue weighted by atomic mass is 16.1. The van der Waals surface area contributed by atoms with Gasteiger partial charge in [-0.2, -0.15) is 0 Å². The van der Waals surface area contributed by atoms with Crippen molar-refractivity contribution in [1.29, 1.82) is 0 Å². The number of nitrogens with one attached hydrogen (secondary N) is 1. The van der Waals surface area contributed by atoms with Crippen molar-refractivity contribution in [3.05, 3.63) is 40.2 Å². The highest BCUT2D eigenvalue weighted by Gasteiger charge is 2.24. The van der Waals surface area contributed by atoms with Crippen molar-refractivity contribution in [3.8, 4) is 0 Å². The van der Waals surface area contributed by atoms with Crippen LogP contribution >= 0.6 is 0 Å². The number of carbonyl (C=O) groups is 1. The van der Waals surface area contributed by atoms with Crippen LogP contribution in [-0.2, 0) is 12.8 Å². The standard InChI is InChI=1S/C14H15NO/c1-9-5-7-10-11(8-6-9)15-12-3-2-4-13(16)14(10)12/h5-6,8,15H,2-4,7H2,1H3. The van der Waals surface area contributed by atoms with Gasteiger partial charge in [-0.05, 0) is 37.8 Å². The van der Waals surface area contributed by atoms with Crippen LogP contribution in [-0.4, -0.2) is 10.8 Å². The van der Waals surface area contributed by atoms with Crippen LogP contribution in [0.5, 0.6) is 0 Å². The predicted octanol–water partition coefficient (Wildman–Crippen LogP) is 3.05. The Kier molecular flexibility index (Phi) is 2.10. The first-order valence-electron chi connectivity index (χ1n) is 5.87. The van der Waals surface area contributed by atoms with Crippen LogP contribution in [0.15, 0.2) is 17.7 Å². The van der Waals surface area contributed by atoms with Gasteiger partial charge < -0.3 is 4.98 Å². The molecule has 82 valence electrons. The SMILES string of the molecule is CC1=CCc2c([nH]c3c2C(=O)CCC3)C=C1. The number of hydrogen-bond donors (Lipinski definition) is 1. The minimum atomic E-state index is 0.320. The number of carbonyl (C=O) groups excluding carboxylic acids is 1. The molecular formula is C14H15NO. The van der Waals surface area contributed by atoms with Gasteiger partial charge in [0.15, 0.2) is 5.78 Å². The van der Waals surface area contributed by atoms with E-state index in [1.165, 1.54) is 11.1 Å². The van der Waals surface area contributed by atoms with Crippen LogP contribution in [0.2, 0.25) is 0 Å². The molecular weight excluding hydrogens is 198 g/mol. The first-order chi connectivity index (χ1) is 7.75. The molecule has 0 bridgehead atoms. The van der Waals surface area contributed by atoms with E-state index in [2.05, 4.69) is 30.1 Å². The maximum absolute atomic E-state index is 11.9. The molecule has 0 amide bonds.